The van der Waals surface area contributed by atoms with E-state index in [9.17, 15) is 24.3 Å². The van der Waals surface area contributed by atoms with E-state index < -0.39 is 41.1 Å². The van der Waals surface area contributed by atoms with Crippen LogP contribution in [0.4, 0.5) is 0 Å². The molecule has 29 heavy (non-hydrogen) atoms. The summed E-state index contributed by atoms with van der Waals surface area (Å²) in [5.41, 5.74) is -2.32. The molecule has 1 aromatic heterocycles. The first-order valence-electron chi connectivity index (χ1n) is 9.06. The molecule has 3 N–H and O–H groups in total. The quantitative estimate of drug-likeness (QED) is 0.577. The number of carboxylic acids is 1. The zero-order valence-electron chi connectivity index (χ0n) is 15.8. The number of nitrogens with one attached hydrogen (secondary N) is 1. The maximum absolute atomic E-state index is 12.9. The Labute approximate surface area is 165 Å². The number of benzene rings is 1. The SMILES string of the molecule is COc1ccc(-n2c(=O)c(C(=O)NCC(=O)O)c(O)n(CCC3CC3)c2=O)cc1. The number of amides is 1. The van der Waals surface area contributed by atoms with Crippen molar-refractivity contribution in [3.8, 4) is 17.3 Å². The van der Waals surface area contributed by atoms with E-state index in [1.807, 2.05) is 0 Å². The van der Waals surface area contributed by atoms with Crippen LogP contribution in [-0.2, 0) is 11.3 Å². The average Bonchev–Trinajstić information content (AvgIpc) is 3.51. The second kappa shape index (κ2) is 8.21. The van der Waals surface area contributed by atoms with Gasteiger partial charge in [0.05, 0.1) is 12.8 Å². The zero-order valence-corrected chi connectivity index (χ0v) is 15.8. The van der Waals surface area contributed by atoms with Crippen LogP contribution in [0.1, 0.15) is 29.6 Å². The van der Waals surface area contributed by atoms with E-state index in [0.29, 0.717) is 18.1 Å². The Hall–Kier alpha value is -3.56. The smallest absolute Gasteiger partial charge is 0.338 e. The van der Waals surface area contributed by atoms with Crippen molar-refractivity contribution >= 4 is 11.9 Å². The largest absolute Gasteiger partial charge is 0.497 e. The summed E-state index contributed by atoms with van der Waals surface area (Å²) in [7, 11) is 1.47. The molecular formula is C19H21N3O7. The Morgan fingerprint density at radius 3 is 2.41 bits per heavy atom. The van der Waals surface area contributed by atoms with Crippen LogP contribution in [-0.4, -0.2) is 44.9 Å². The van der Waals surface area contributed by atoms with Crippen molar-refractivity contribution in [2.24, 2.45) is 5.92 Å². The number of ether oxygens (including phenoxy) is 1. The lowest BCUT2D eigenvalue weighted by atomic mass is 10.2. The number of hydrogen-bond donors (Lipinski definition) is 3. The van der Waals surface area contributed by atoms with Crippen molar-refractivity contribution in [3.05, 3.63) is 50.7 Å². The van der Waals surface area contributed by atoms with Gasteiger partial charge in [0.25, 0.3) is 11.5 Å². The Morgan fingerprint density at radius 2 is 1.86 bits per heavy atom. The number of carboxylic acid groups (broad SMARTS) is 1. The summed E-state index contributed by atoms with van der Waals surface area (Å²) in [6.07, 6.45) is 2.67. The molecule has 3 rings (SSSR count). The Bertz CT molecular complexity index is 1050. The van der Waals surface area contributed by atoms with Crippen LogP contribution >= 0.6 is 0 Å². The standard InChI is InChI=1S/C19H21N3O7/c1-29-13-6-4-12(5-7-13)22-18(27)15(16(25)20-10-14(23)24)17(26)21(19(22)28)9-8-11-2-3-11/h4-7,11,26H,2-3,8-10H2,1H3,(H,20,25)(H,23,24). The van der Waals surface area contributed by atoms with E-state index in [0.717, 1.165) is 22.0 Å². The number of hydrogen-bond acceptors (Lipinski definition) is 6. The molecule has 1 aliphatic carbocycles. The minimum absolute atomic E-state index is 0.130. The Balaban J connectivity index is 2.14. The molecule has 0 atom stereocenters. The van der Waals surface area contributed by atoms with Gasteiger partial charge in [0.15, 0.2) is 5.56 Å². The maximum Gasteiger partial charge on any atom is 0.338 e. The number of aliphatic carboxylic acids is 1. The Kier molecular flexibility index (Phi) is 5.71. The molecule has 1 fully saturated rings. The van der Waals surface area contributed by atoms with E-state index in [1.165, 1.54) is 19.2 Å². The fourth-order valence-corrected chi connectivity index (χ4v) is 2.96. The van der Waals surface area contributed by atoms with Gasteiger partial charge in [0.1, 0.15) is 12.3 Å². The number of methoxy groups -OCH3 is 1. The molecule has 0 aliphatic heterocycles. The Morgan fingerprint density at radius 1 is 1.21 bits per heavy atom. The van der Waals surface area contributed by atoms with Gasteiger partial charge in [-0.2, -0.15) is 0 Å². The van der Waals surface area contributed by atoms with Gasteiger partial charge in [-0.1, -0.05) is 12.8 Å². The maximum atomic E-state index is 12.9. The number of carbonyl (C=O) groups excluding carboxylic acids is 1. The summed E-state index contributed by atoms with van der Waals surface area (Å²) in [6.45, 7) is -0.605. The molecule has 154 valence electrons. The van der Waals surface area contributed by atoms with Crippen molar-refractivity contribution in [2.45, 2.75) is 25.8 Å². The van der Waals surface area contributed by atoms with Gasteiger partial charge in [0.2, 0.25) is 5.88 Å². The van der Waals surface area contributed by atoms with Crippen LogP contribution in [0.2, 0.25) is 0 Å². The molecule has 10 nitrogen and oxygen atoms in total. The van der Waals surface area contributed by atoms with Gasteiger partial charge in [-0.25, -0.2) is 9.36 Å². The third-order valence-electron chi connectivity index (χ3n) is 4.73. The van der Waals surface area contributed by atoms with Crippen LogP contribution in [0.5, 0.6) is 11.6 Å². The number of aromatic hydroxyl groups is 1. The predicted octanol–water partition coefficient (Wildman–Crippen LogP) is 0.328. The van der Waals surface area contributed by atoms with Gasteiger partial charge in [0, 0.05) is 6.54 Å². The fraction of sp³-hybridized carbons (Fsp3) is 0.368. The number of rotatable bonds is 8. The molecule has 1 saturated carbocycles. The molecule has 0 spiro atoms. The van der Waals surface area contributed by atoms with Crippen molar-refractivity contribution in [1.82, 2.24) is 14.5 Å². The van der Waals surface area contributed by atoms with Crippen LogP contribution in [0, 0.1) is 5.92 Å². The van der Waals surface area contributed by atoms with E-state index in [2.05, 4.69) is 5.32 Å². The molecule has 10 heteroatoms. The lowest BCUT2D eigenvalue weighted by Crippen LogP contribution is -2.44. The van der Waals surface area contributed by atoms with Gasteiger partial charge in [-0.3, -0.25) is 19.0 Å². The number of aromatic nitrogens is 2. The first kappa shape index (κ1) is 20.2. The zero-order chi connectivity index (χ0) is 21.1. The second-order valence-corrected chi connectivity index (χ2v) is 6.78. The number of nitrogens with zero attached hydrogens (tertiary/aromatic N) is 2. The van der Waals surface area contributed by atoms with E-state index in [-0.39, 0.29) is 12.2 Å². The average molecular weight is 403 g/mol. The highest BCUT2D eigenvalue weighted by Gasteiger charge is 2.27. The summed E-state index contributed by atoms with van der Waals surface area (Å²) in [6, 6.07) is 6.05. The lowest BCUT2D eigenvalue weighted by molar-refractivity contribution is -0.135. The summed E-state index contributed by atoms with van der Waals surface area (Å²) >= 11 is 0. The first-order chi connectivity index (χ1) is 13.8. The van der Waals surface area contributed by atoms with E-state index >= 15 is 0 Å². The van der Waals surface area contributed by atoms with Crippen LogP contribution in [0.15, 0.2) is 33.9 Å². The molecule has 0 radical (unpaired) electrons. The highest BCUT2D eigenvalue weighted by atomic mass is 16.5. The normalized spacial score (nSPS) is 13.1. The molecule has 2 aromatic rings. The third kappa shape index (κ3) is 4.31. The van der Waals surface area contributed by atoms with E-state index in [4.69, 9.17) is 9.84 Å². The summed E-state index contributed by atoms with van der Waals surface area (Å²) < 4.78 is 6.82. The first-order valence-corrected chi connectivity index (χ1v) is 9.06. The molecule has 1 aromatic carbocycles. The van der Waals surface area contributed by atoms with Crippen LogP contribution in [0.3, 0.4) is 0 Å². The van der Waals surface area contributed by atoms with Crippen molar-refractivity contribution in [2.75, 3.05) is 13.7 Å². The predicted molar refractivity (Wildman–Crippen MR) is 102 cm³/mol. The third-order valence-corrected chi connectivity index (χ3v) is 4.73. The van der Waals surface area contributed by atoms with Gasteiger partial charge in [-0.15, -0.1) is 0 Å². The minimum Gasteiger partial charge on any atom is -0.497 e. The topological polar surface area (TPSA) is 140 Å². The molecule has 1 amide bonds. The summed E-state index contributed by atoms with van der Waals surface area (Å²) in [4.78, 5) is 49.0. The molecule has 0 unspecified atom stereocenters. The summed E-state index contributed by atoms with van der Waals surface area (Å²) in [5, 5.41) is 21.3. The van der Waals surface area contributed by atoms with Crippen molar-refractivity contribution < 1.29 is 24.5 Å². The molecule has 0 saturated heterocycles. The molecular weight excluding hydrogens is 382 g/mol. The van der Waals surface area contributed by atoms with Crippen LogP contribution in [0.25, 0.3) is 5.69 Å². The van der Waals surface area contributed by atoms with E-state index in [1.54, 1.807) is 12.1 Å². The van der Waals surface area contributed by atoms with Crippen molar-refractivity contribution in [1.29, 1.82) is 0 Å². The molecule has 0 bridgehead atoms. The minimum atomic E-state index is -1.31. The van der Waals surface area contributed by atoms with Crippen molar-refractivity contribution in [3.63, 3.8) is 0 Å². The monoisotopic (exact) mass is 403 g/mol. The summed E-state index contributed by atoms with van der Waals surface area (Å²) in [5.74, 6) is -2.21. The fourth-order valence-electron chi connectivity index (χ4n) is 2.96. The van der Waals surface area contributed by atoms with Gasteiger partial charge >= 0.3 is 11.7 Å². The highest BCUT2D eigenvalue weighted by molar-refractivity contribution is 5.97. The van der Waals surface area contributed by atoms with Crippen LogP contribution < -0.4 is 21.3 Å². The number of carbonyl (C=O) groups is 2. The van der Waals surface area contributed by atoms with Gasteiger partial charge in [-0.05, 0) is 36.6 Å². The second-order valence-electron chi connectivity index (χ2n) is 6.78. The highest BCUT2D eigenvalue weighted by Crippen LogP contribution is 2.33. The molecule has 1 aliphatic rings. The lowest BCUT2D eigenvalue weighted by Gasteiger charge is -2.15. The molecule has 1 heterocycles. The van der Waals surface area contributed by atoms with Gasteiger partial charge < -0.3 is 20.3 Å².